The van der Waals surface area contributed by atoms with Crippen LogP contribution in [-0.2, 0) is 17.8 Å². The predicted octanol–water partition coefficient (Wildman–Crippen LogP) is 3.77. The summed E-state index contributed by atoms with van der Waals surface area (Å²) in [7, 11) is 3.14. The predicted molar refractivity (Wildman–Crippen MR) is 106 cm³/mol. The number of allylic oxidation sites excluding steroid dienone is 1. The van der Waals surface area contributed by atoms with Crippen LogP contribution in [0.1, 0.15) is 27.9 Å². The molecule has 0 bridgehead atoms. The van der Waals surface area contributed by atoms with Crippen LogP contribution in [0.3, 0.4) is 0 Å². The van der Waals surface area contributed by atoms with Gasteiger partial charge in [0.25, 0.3) is 5.91 Å². The summed E-state index contributed by atoms with van der Waals surface area (Å²) in [6.45, 7) is 5.46. The molecule has 0 aliphatic carbocycles. The van der Waals surface area contributed by atoms with Gasteiger partial charge in [-0.05, 0) is 30.5 Å². The van der Waals surface area contributed by atoms with Gasteiger partial charge in [0.05, 0.1) is 20.8 Å². The molecule has 0 aliphatic heterocycles. The van der Waals surface area contributed by atoms with Crippen molar-refractivity contribution in [3.05, 3.63) is 71.8 Å². The molecule has 144 valence electrons. The van der Waals surface area contributed by atoms with Gasteiger partial charge >= 0.3 is 0 Å². The SMILES string of the molecule is C=CCc1cc(C(=O)NCCCOCc2ccccc2)cc(OC)c1OC. The quantitative estimate of drug-likeness (QED) is 0.484. The van der Waals surface area contributed by atoms with Crippen molar-refractivity contribution in [1.82, 2.24) is 5.32 Å². The maximum Gasteiger partial charge on any atom is 0.251 e. The molecule has 0 aromatic heterocycles. The van der Waals surface area contributed by atoms with E-state index in [-0.39, 0.29) is 5.91 Å². The summed E-state index contributed by atoms with van der Waals surface area (Å²) in [5.74, 6) is 1.01. The standard InChI is InChI=1S/C22H27NO4/c1-4-9-18-14-19(15-20(25-2)21(18)26-3)22(24)23-12-8-13-27-16-17-10-6-5-7-11-17/h4-7,10-11,14-15H,1,8-9,12-13,16H2,2-3H3,(H,23,24). The van der Waals surface area contributed by atoms with Crippen LogP contribution < -0.4 is 14.8 Å². The monoisotopic (exact) mass is 369 g/mol. The lowest BCUT2D eigenvalue weighted by Gasteiger charge is -2.14. The van der Waals surface area contributed by atoms with Gasteiger partial charge in [0.2, 0.25) is 0 Å². The molecule has 0 unspecified atom stereocenters. The van der Waals surface area contributed by atoms with Crippen LogP contribution in [0, 0.1) is 0 Å². The lowest BCUT2D eigenvalue weighted by molar-refractivity contribution is 0.0934. The van der Waals surface area contributed by atoms with Gasteiger partial charge < -0.3 is 19.5 Å². The fourth-order valence-electron chi connectivity index (χ4n) is 2.72. The van der Waals surface area contributed by atoms with Crippen molar-refractivity contribution in [2.45, 2.75) is 19.4 Å². The second-order valence-corrected chi connectivity index (χ2v) is 6.01. The number of amides is 1. The van der Waals surface area contributed by atoms with Gasteiger partial charge in [-0.2, -0.15) is 0 Å². The largest absolute Gasteiger partial charge is 0.493 e. The maximum atomic E-state index is 12.4. The molecule has 0 spiro atoms. The lowest BCUT2D eigenvalue weighted by atomic mass is 10.0. The molecule has 0 saturated heterocycles. The minimum atomic E-state index is -0.149. The van der Waals surface area contributed by atoms with E-state index in [1.54, 1.807) is 26.4 Å². The first-order valence-corrected chi connectivity index (χ1v) is 8.95. The molecule has 1 N–H and O–H groups in total. The van der Waals surface area contributed by atoms with Gasteiger partial charge in [0.1, 0.15) is 0 Å². The Bertz CT molecular complexity index is 743. The molecule has 0 heterocycles. The third-order valence-electron chi connectivity index (χ3n) is 4.04. The van der Waals surface area contributed by atoms with E-state index in [0.29, 0.717) is 43.2 Å². The van der Waals surface area contributed by atoms with Crippen molar-refractivity contribution >= 4 is 5.91 Å². The number of carbonyl (C=O) groups excluding carboxylic acids is 1. The third-order valence-corrected chi connectivity index (χ3v) is 4.04. The summed E-state index contributed by atoms with van der Waals surface area (Å²) in [4.78, 5) is 12.4. The van der Waals surface area contributed by atoms with E-state index in [1.165, 1.54) is 0 Å². The van der Waals surface area contributed by atoms with Crippen molar-refractivity contribution in [3.8, 4) is 11.5 Å². The number of methoxy groups -OCH3 is 2. The molecule has 1 amide bonds. The molecule has 5 heteroatoms. The molecule has 5 nitrogen and oxygen atoms in total. The minimum Gasteiger partial charge on any atom is -0.493 e. The first kappa shape index (κ1) is 20.5. The van der Waals surface area contributed by atoms with Crippen molar-refractivity contribution in [3.63, 3.8) is 0 Å². The average Bonchev–Trinajstić information content (AvgIpc) is 2.70. The molecule has 0 fully saturated rings. The second kappa shape index (κ2) is 11.0. The summed E-state index contributed by atoms with van der Waals surface area (Å²) in [6.07, 6.45) is 3.10. The molecule has 27 heavy (non-hydrogen) atoms. The fraction of sp³-hybridized carbons (Fsp3) is 0.318. The van der Waals surface area contributed by atoms with Crippen molar-refractivity contribution in [1.29, 1.82) is 0 Å². The highest BCUT2D eigenvalue weighted by Crippen LogP contribution is 2.33. The van der Waals surface area contributed by atoms with E-state index in [0.717, 1.165) is 17.5 Å². The second-order valence-electron chi connectivity index (χ2n) is 6.01. The van der Waals surface area contributed by atoms with Gasteiger partial charge in [-0.1, -0.05) is 36.4 Å². The number of carbonyl (C=O) groups is 1. The highest BCUT2D eigenvalue weighted by Gasteiger charge is 2.15. The Morgan fingerprint density at radius 3 is 2.59 bits per heavy atom. The normalized spacial score (nSPS) is 10.3. The first-order valence-electron chi connectivity index (χ1n) is 8.95. The number of rotatable bonds is 11. The highest BCUT2D eigenvalue weighted by molar-refractivity contribution is 5.95. The zero-order chi connectivity index (χ0) is 19.5. The topological polar surface area (TPSA) is 56.8 Å². The molecule has 0 saturated carbocycles. The van der Waals surface area contributed by atoms with Gasteiger partial charge in [-0.3, -0.25) is 4.79 Å². The minimum absolute atomic E-state index is 0.149. The number of nitrogens with one attached hydrogen (secondary N) is 1. The van der Waals surface area contributed by atoms with E-state index in [9.17, 15) is 4.79 Å². The van der Waals surface area contributed by atoms with E-state index in [4.69, 9.17) is 14.2 Å². The smallest absolute Gasteiger partial charge is 0.251 e. The van der Waals surface area contributed by atoms with E-state index < -0.39 is 0 Å². The summed E-state index contributed by atoms with van der Waals surface area (Å²) in [5, 5.41) is 2.91. The maximum absolute atomic E-state index is 12.4. The Balaban J connectivity index is 1.84. The van der Waals surface area contributed by atoms with Crippen molar-refractivity contribution in [2.75, 3.05) is 27.4 Å². The van der Waals surface area contributed by atoms with E-state index in [1.807, 2.05) is 36.4 Å². The van der Waals surface area contributed by atoms with Crippen molar-refractivity contribution < 1.29 is 19.0 Å². The molecule has 2 rings (SSSR count). The Morgan fingerprint density at radius 1 is 1.15 bits per heavy atom. The number of ether oxygens (including phenoxy) is 3. The van der Waals surface area contributed by atoms with E-state index in [2.05, 4.69) is 11.9 Å². The third kappa shape index (κ3) is 6.15. The van der Waals surface area contributed by atoms with Crippen LogP contribution in [0.4, 0.5) is 0 Å². The molecular weight excluding hydrogens is 342 g/mol. The van der Waals surface area contributed by atoms with E-state index >= 15 is 0 Å². The molecule has 0 radical (unpaired) electrons. The van der Waals surface area contributed by atoms with Crippen LogP contribution in [0.2, 0.25) is 0 Å². The van der Waals surface area contributed by atoms with Crippen LogP contribution in [0.25, 0.3) is 0 Å². The molecular formula is C22H27NO4. The number of benzene rings is 2. The van der Waals surface area contributed by atoms with Crippen LogP contribution in [0.15, 0.2) is 55.1 Å². The van der Waals surface area contributed by atoms with Crippen LogP contribution in [-0.4, -0.2) is 33.3 Å². The average molecular weight is 369 g/mol. The Kier molecular flexibility index (Phi) is 8.39. The number of hydrogen-bond donors (Lipinski definition) is 1. The summed E-state index contributed by atoms with van der Waals surface area (Å²) in [6, 6.07) is 13.5. The lowest BCUT2D eigenvalue weighted by Crippen LogP contribution is -2.25. The van der Waals surface area contributed by atoms with Gasteiger partial charge in [-0.25, -0.2) is 0 Å². The Labute approximate surface area is 161 Å². The van der Waals surface area contributed by atoms with Crippen LogP contribution in [0.5, 0.6) is 11.5 Å². The molecule has 0 atom stereocenters. The van der Waals surface area contributed by atoms with Crippen LogP contribution >= 0.6 is 0 Å². The Morgan fingerprint density at radius 2 is 1.93 bits per heavy atom. The summed E-state index contributed by atoms with van der Waals surface area (Å²) < 4.78 is 16.4. The van der Waals surface area contributed by atoms with Gasteiger partial charge in [-0.15, -0.1) is 6.58 Å². The summed E-state index contributed by atoms with van der Waals surface area (Å²) in [5.41, 5.74) is 2.54. The Hall–Kier alpha value is -2.79. The van der Waals surface area contributed by atoms with Gasteiger partial charge in [0, 0.05) is 24.3 Å². The highest BCUT2D eigenvalue weighted by atomic mass is 16.5. The summed E-state index contributed by atoms with van der Waals surface area (Å²) >= 11 is 0. The molecule has 0 aliphatic rings. The molecule has 2 aromatic rings. The molecule has 2 aromatic carbocycles. The zero-order valence-electron chi connectivity index (χ0n) is 16.0. The fourth-order valence-corrected chi connectivity index (χ4v) is 2.72. The number of hydrogen-bond acceptors (Lipinski definition) is 4. The van der Waals surface area contributed by atoms with Crippen molar-refractivity contribution in [2.24, 2.45) is 0 Å². The van der Waals surface area contributed by atoms with Gasteiger partial charge in [0.15, 0.2) is 11.5 Å². The zero-order valence-corrected chi connectivity index (χ0v) is 16.0. The first-order chi connectivity index (χ1) is 13.2.